The van der Waals surface area contributed by atoms with E-state index in [2.05, 4.69) is 47.7 Å². The molecule has 0 unspecified atom stereocenters. The Hall–Kier alpha value is -1.77. The van der Waals surface area contributed by atoms with Gasteiger partial charge in [-0.15, -0.1) is 0 Å². The van der Waals surface area contributed by atoms with Gasteiger partial charge in [-0.05, 0) is 30.4 Å². The summed E-state index contributed by atoms with van der Waals surface area (Å²) in [7, 11) is 2.01. The Balaban J connectivity index is 1.81. The maximum Gasteiger partial charge on any atom is 0.148 e. The van der Waals surface area contributed by atoms with Gasteiger partial charge < -0.3 is 5.32 Å². The zero-order chi connectivity index (χ0) is 13.2. The van der Waals surface area contributed by atoms with Crippen molar-refractivity contribution in [1.29, 1.82) is 0 Å². The summed E-state index contributed by atoms with van der Waals surface area (Å²) in [6.07, 6.45) is 4.90. The molecule has 1 aliphatic rings. The molecule has 1 saturated carbocycles. The van der Waals surface area contributed by atoms with E-state index in [4.69, 9.17) is 0 Å². The van der Waals surface area contributed by atoms with Gasteiger partial charge in [-0.2, -0.15) is 5.10 Å². The molecule has 0 radical (unpaired) electrons. The molecule has 3 nitrogen and oxygen atoms in total. The van der Waals surface area contributed by atoms with Gasteiger partial charge in [0.05, 0.1) is 5.69 Å². The summed E-state index contributed by atoms with van der Waals surface area (Å²) in [5.74, 6) is 0.998. The lowest BCUT2D eigenvalue weighted by Gasteiger charge is -2.03. The molecule has 0 spiro atoms. The highest BCUT2D eigenvalue weighted by Gasteiger charge is 2.22. The van der Waals surface area contributed by atoms with E-state index in [0.29, 0.717) is 6.04 Å². The Bertz CT molecular complexity index is 550. The molecule has 1 aliphatic carbocycles. The number of rotatable bonds is 5. The zero-order valence-corrected chi connectivity index (χ0v) is 11.7. The molecule has 3 heteroatoms. The highest BCUT2D eigenvalue weighted by molar-refractivity contribution is 5.64. The molecule has 0 bridgehead atoms. The Morgan fingerprint density at radius 1 is 1.26 bits per heavy atom. The van der Waals surface area contributed by atoms with Gasteiger partial charge in [-0.1, -0.05) is 37.6 Å². The van der Waals surface area contributed by atoms with Gasteiger partial charge in [0, 0.05) is 19.2 Å². The quantitative estimate of drug-likeness (QED) is 0.884. The molecular weight excluding hydrogens is 234 g/mol. The molecule has 0 aliphatic heterocycles. The summed E-state index contributed by atoms with van der Waals surface area (Å²) in [6, 6.07) is 11.6. The molecule has 1 aromatic carbocycles. The number of anilines is 1. The molecule has 3 rings (SSSR count). The van der Waals surface area contributed by atoms with E-state index in [9.17, 15) is 0 Å². The third-order valence-corrected chi connectivity index (χ3v) is 3.60. The molecule has 1 aromatic heterocycles. The fourth-order valence-electron chi connectivity index (χ4n) is 2.38. The third kappa shape index (κ3) is 2.80. The highest BCUT2D eigenvalue weighted by Crippen LogP contribution is 2.27. The molecule has 100 valence electrons. The average Bonchev–Trinajstić information content (AvgIpc) is 3.14. The van der Waals surface area contributed by atoms with Gasteiger partial charge in [0.15, 0.2) is 0 Å². The molecular formula is C16H21N3. The number of benzene rings is 1. The van der Waals surface area contributed by atoms with Crippen molar-refractivity contribution in [3.63, 3.8) is 0 Å². The molecule has 0 saturated heterocycles. The van der Waals surface area contributed by atoms with Crippen LogP contribution in [0.5, 0.6) is 0 Å². The van der Waals surface area contributed by atoms with Crippen LogP contribution in [0.15, 0.2) is 30.3 Å². The van der Waals surface area contributed by atoms with Crippen molar-refractivity contribution in [3.05, 3.63) is 35.9 Å². The van der Waals surface area contributed by atoms with Crippen molar-refractivity contribution in [2.75, 3.05) is 5.32 Å². The van der Waals surface area contributed by atoms with Crippen molar-refractivity contribution >= 4 is 5.82 Å². The van der Waals surface area contributed by atoms with Crippen LogP contribution in [0.4, 0.5) is 5.82 Å². The molecule has 0 atom stereocenters. The predicted octanol–water partition coefficient (Wildman–Crippen LogP) is 3.61. The largest absolute Gasteiger partial charge is 0.366 e. The first-order valence-corrected chi connectivity index (χ1v) is 7.16. The van der Waals surface area contributed by atoms with Gasteiger partial charge in [-0.25, -0.2) is 0 Å². The van der Waals surface area contributed by atoms with Crippen molar-refractivity contribution in [1.82, 2.24) is 9.78 Å². The molecule has 1 heterocycles. The van der Waals surface area contributed by atoms with Crippen LogP contribution in [0, 0.1) is 0 Å². The van der Waals surface area contributed by atoms with E-state index in [1.165, 1.54) is 36.1 Å². The summed E-state index contributed by atoms with van der Waals surface area (Å²) in [6.45, 7) is 2.21. The van der Waals surface area contributed by atoms with Crippen LogP contribution < -0.4 is 5.32 Å². The Kier molecular flexibility index (Phi) is 3.28. The van der Waals surface area contributed by atoms with E-state index < -0.39 is 0 Å². The van der Waals surface area contributed by atoms with E-state index in [1.807, 2.05) is 11.7 Å². The second kappa shape index (κ2) is 5.08. The lowest BCUT2D eigenvalue weighted by molar-refractivity contribution is 0.776. The van der Waals surface area contributed by atoms with Crippen LogP contribution in [-0.2, 0) is 13.5 Å². The highest BCUT2D eigenvalue weighted by atomic mass is 15.3. The van der Waals surface area contributed by atoms with Gasteiger partial charge in [0.2, 0.25) is 0 Å². The van der Waals surface area contributed by atoms with Crippen LogP contribution in [-0.4, -0.2) is 15.8 Å². The summed E-state index contributed by atoms with van der Waals surface area (Å²) in [5.41, 5.74) is 3.81. The van der Waals surface area contributed by atoms with E-state index >= 15 is 0 Å². The summed E-state index contributed by atoms with van der Waals surface area (Å²) >= 11 is 0. The van der Waals surface area contributed by atoms with Crippen molar-refractivity contribution in [3.8, 4) is 11.3 Å². The number of nitrogens with one attached hydrogen (secondary N) is 1. The summed E-state index contributed by atoms with van der Waals surface area (Å²) in [5, 5.41) is 7.98. The minimum absolute atomic E-state index is 0.648. The number of hydrogen-bond donors (Lipinski definition) is 1. The van der Waals surface area contributed by atoms with Crippen LogP contribution in [0.25, 0.3) is 11.3 Å². The fraction of sp³-hybridized carbons (Fsp3) is 0.438. The standard InChI is InChI=1S/C16H21N3/c1-3-4-12-5-7-13(8-6-12)15-11-16(18-19(15)2)17-14-9-10-14/h5-8,11,14H,3-4,9-10H2,1-2H3,(H,17,18). The second-order valence-electron chi connectivity index (χ2n) is 5.40. The fourth-order valence-corrected chi connectivity index (χ4v) is 2.38. The van der Waals surface area contributed by atoms with Gasteiger partial charge in [0.1, 0.15) is 5.82 Å². The first-order chi connectivity index (χ1) is 9.26. The molecule has 0 amide bonds. The Morgan fingerprint density at radius 2 is 2.00 bits per heavy atom. The van der Waals surface area contributed by atoms with Crippen LogP contribution in [0.1, 0.15) is 31.7 Å². The van der Waals surface area contributed by atoms with Crippen molar-refractivity contribution in [2.45, 2.75) is 38.6 Å². The number of nitrogens with zero attached hydrogens (tertiary/aromatic N) is 2. The lowest BCUT2D eigenvalue weighted by atomic mass is 10.1. The SMILES string of the molecule is CCCc1ccc(-c2cc(NC3CC3)nn2C)cc1. The Morgan fingerprint density at radius 3 is 2.63 bits per heavy atom. The molecule has 19 heavy (non-hydrogen) atoms. The van der Waals surface area contributed by atoms with Crippen molar-refractivity contribution < 1.29 is 0 Å². The maximum atomic E-state index is 4.53. The lowest BCUT2D eigenvalue weighted by Crippen LogP contribution is -2.01. The summed E-state index contributed by atoms with van der Waals surface area (Å²) < 4.78 is 1.96. The van der Waals surface area contributed by atoms with Gasteiger partial charge in [0.25, 0.3) is 0 Å². The van der Waals surface area contributed by atoms with Crippen LogP contribution >= 0.6 is 0 Å². The number of aryl methyl sites for hydroxylation is 2. The first kappa shape index (κ1) is 12.3. The van der Waals surface area contributed by atoms with Gasteiger partial charge in [-0.3, -0.25) is 4.68 Å². The smallest absolute Gasteiger partial charge is 0.148 e. The minimum Gasteiger partial charge on any atom is -0.366 e. The van der Waals surface area contributed by atoms with Crippen LogP contribution in [0.2, 0.25) is 0 Å². The third-order valence-electron chi connectivity index (χ3n) is 3.60. The van der Waals surface area contributed by atoms with E-state index in [0.717, 1.165) is 12.2 Å². The number of hydrogen-bond acceptors (Lipinski definition) is 2. The first-order valence-electron chi connectivity index (χ1n) is 7.16. The van der Waals surface area contributed by atoms with Crippen molar-refractivity contribution in [2.24, 2.45) is 7.05 Å². The summed E-state index contributed by atoms with van der Waals surface area (Å²) in [4.78, 5) is 0. The Labute approximate surface area is 114 Å². The normalized spacial score (nSPS) is 14.6. The van der Waals surface area contributed by atoms with Gasteiger partial charge >= 0.3 is 0 Å². The monoisotopic (exact) mass is 255 g/mol. The molecule has 2 aromatic rings. The topological polar surface area (TPSA) is 29.9 Å². The molecule has 1 N–H and O–H groups in total. The maximum absolute atomic E-state index is 4.53. The number of aromatic nitrogens is 2. The average molecular weight is 255 g/mol. The second-order valence-corrected chi connectivity index (χ2v) is 5.40. The molecule has 1 fully saturated rings. The minimum atomic E-state index is 0.648. The predicted molar refractivity (Wildman–Crippen MR) is 79.3 cm³/mol. The van der Waals surface area contributed by atoms with E-state index in [-0.39, 0.29) is 0 Å². The zero-order valence-electron chi connectivity index (χ0n) is 11.7. The van der Waals surface area contributed by atoms with Crippen LogP contribution in [0.3, 0.4) is 0 Å². The van der Waals surface area contributed by atoms with E-state index in [1.54, 1.807) is 0 Å².